The molecule has 67 heavy (non-hydrogen) atoms. The molecule has 2 aliphatic rings. The molecule has 2 fully saturated rings. The lowest BCUT2D eigenvalue weighted by Crippen LogP contribution is -2.50. The maximum Gasteiger partial charge on any atom is 0.324 e. The zero-order valence-corrected chi connectivity index (χ0v) is 38.0. The third kappa shape index (κ3) is 13.2. The Morgan fingerprint density at radius 3 is 1.48 bits per heavy atom. The summed E-state index contributed by atoms with van der Waals surface area (Å²) in [6, 6.07) is 27.3. The summed E-state index contributed by atoms with van der Waals surface area (Å²) >= 11 is 0. The largest absolute Gasteiger partial charge is 0.415 e. The number of carbonyl (C=O) groups excluding carboxylic acids is 4. The first kappa shape index (κ1) is 49.7. The smallest absolute Gasteiger partial charge is 0.324 e. The van der Waals surface area contributed by atoms with Gasteiger partial charge in [0.2, 0.25) is 5.89 Å². The minimum atomic E-state index is -3.19. The summed E-state index contributed by atoms with van der Waals surface area (Å²) in [6.07, 6.45) is -6.04. The molecule has 22 heteroatoms. The summed E-state index contributed by atoms with van der Waals surface area (Å²) in [5.74, 6) is -3.07. The molecule has 0 radical (unpaired) electrons. The number of hydrogen-bond acceptors (Lipinski definition) is 11. The van der Waals surface area contributed by atoms with Gasteiger partial charge in [-0.2, -0.15) is 17.6 Å². The highest BCUT2D eigenvalue weighted by molar-refractivity contribution is 7.91. The predicted molar refractivity (Wildman–Crippen MR) is 240 cm³/mol. The van der Waals surface area contributed by atoms with Gasteiger partial charge in [0.25, 0.3) is 11.8 Å². The third-order valence-electron chi connectivity index (χ3n) is 10.9. The molecule has 1 N–H and O–H groups in total. The third-order valence-corrected chi connectivity index (χ3v) is 14.1. The van der Waals surface area contributed by atoms with Gasteiger partial charge in [0.15, 0.2) is 25.5 Å². The summed E-state index contributed by atoms with van der Waals surface area (Å²) in [5.41, 5.74) is 5.36. The lowest BCUT2D eigenvalue weighted by molar-refractivity contribution is -0.131. The van der Waals surface area contributed by atoms with Gasteiger partial charge >= 0.3 is 24.9 Å². The van der Waals surface area contributed by atoms with Crippen molar-refractivity contribution in [2.75, 3.05) is 65.5 Å². The fourth-order valence-corrected chi connectivity index (χ4v) is 9.50. The van der Waals surface area contributed by atoms with E-state index in [2.05, 4.69) is 10.2 Å². The van der Waals surface area contributed by atoms with Crippen LogP contribution in [0.1, 0.15) is 44.9 Å². The molecule has 2 aliphatic heterocycles. The molecule has 0 bridgehead atoms. The maximum atomic E-state index is 13.4. The van der Waals surface area contributed by atoms with Crippen LogP contribution in [0.5, 0.6) is 0 Å². The van der Waals surface area contributed by atoms with Crippen LogP contribution in [0.25, 0.3) is 11.5 Å². The Hall–Kier alpha value is -6.68. The number of para-hydroxylation sites is 2. The Morgan fingerprint density at radius 2 is 1.07 bits per heavy atom. The Kier molecular flexibility index (Phi) is 16.1. The number of aryl methyl sites for hydroxylation is 2. The van der Waals surface area contributed by atoms with E-state index in [1.165, 1.54) is 17.0 Å². The van der Waals surface area contributed by atoms with E-state index in [1.807, 2.05) is 55.6 Å². The SMILES string of the molecule is Cc1ccccc1N(Cc1ccc(-c2nnc(C(F)F)o2)cc1)C(=O)N1CCS(=O)(=O)CC1.Cc1ccccc1N(Cc1ccc(C(=O)CNC(=O)C(F)F)cc1)C(=O)N1CCS(=O)(=O)CC1. The number of hydrogen-bond donors (Lipinski definition) is 1. The van der Waals surface area contributed by atoms with Gasteiger partial charge in [-0.25, -0.2) is 26.4 Å². The molecule has 1 aromatic heterocycles. The number of benzene rings is 4. The minimum Gasteiger partial charge on any atom is -0.415 e. The second-order valence-electron chi connectivity index (χ2n) is 15.7. The number of anilines is 2. The van der Waals surface area contributed by atoms with Crippen LogP contribution < -0.4 is 15.1 Å². The van der Waals surface area contributed by atoms with Crippen molar-refractivity contribution < 1.29 is 58.0 Å². The summed E-state index contributed by atoms with van der Waals surface area (Å²) in [4.78, 5) is 56.1. The van der Waals surface area contributed by atoms with E-state index in [1.54, 1.807) is 63.2 Å². The van der Waals surface area contributed by atoms with E-state index in [0.29, 0.717) is 16.8 Å². The van der Waals surface area contributed by atoms with Gasteiger partial charge in [-0.3, -0.25) is 19.4 Å². The Morgan fingerprint density at radius 1 is 0.642 bits per heavy atom. The number of ketones is 1. The van der Waals surface area contributed by atoms with Crippen molar-refractivity contribution in [2.24, 2.45) is 0 Å². The molecular formula is C45H47F4N7O9S2. The first-order valence-corrected chi connectivity index (χ1v) is 24.5. The van der Waals surface area contributed by atoms with Gasteiger partial charge in [0.05, 0.1) is 42.6 Å². The average molecular weight is 970 g/mol. The number of rotatable bonds is 12. The zero-order valence-electron chi connectivity index (χ0n) is 36.4. The number of sulfone groups is 2. The fraction of sp³-hybridized carbons (Fsp3) is 0.333. The second kappa shape index (κ2) is 21.7. The Bertz CT molecular complexity index is 2770. The van der Waals surface area contributed by atoms with E-state index >= 15 is 0 Å². The van der Waals surface area contributed by atoms with E-state index < -0.39 is 56.7 Å². The van der Waals surface area contributed by atoms with Gasteiger partial charge in [0.1, 0.15) is 0 Å². The van der Waals surface area contributed by atoms with E-state index in [9.17, 15) is 53.6 Å². The number of nitrogens with one attached hydrogen (secondary N) is 1. The molecule has 356 valence electrons. The van der Waals surface area contributed by atoms with Crippen LogP contribution >= 0.6 is 0 Å². The van der Waals surface area contributed by atoms with Crippen molar-refractivity contribution in [1.82, 2.24) is 25.3 Å². The molecule has 0 saturated carbocycles. The lowest BCUT2D eigenvalue weighted by Gasteiger charge is -2.33. The number of carbonyl (C=O) groups is 4. The van der Waals surface area contributed by atoms with Crippen LogP contribution in [0.15, 0.2) is 101 Å². The molecule has 3 heterocycles. The van der Waals surface area contributed by atoms with Crippen LogP contribution in [0, 0.1) is 13.8 Å². The van der Waals surface area contributed by atoms with Gasteiger partial charge in [-0.05, 0) is 60.4 Å². The topological polar surface area (TPSA) is 200 Å². The lowest BCUT2D eigenvalue weighted by atomic mass is 10.1. The van der Waals surface area contributed by atoms with Crippen LogP contribution in [0.2, 0.25) is 0 Å². The Labute approximate surface area is 384 Å². The summed E-state index contributed by atoms with van der Waals surface area (Å²) in [5, 5.41) is 8.84. The fourth-order valence-electron chi connectivity index (χ4n) is 7.09. The minimum absolute atomic E-state index is 0.0155. The van der Waals surface area contributed by atoms with E-state index in [-0.39, 0.29) is 85.8 Å². The van der Waals surface area contributed by atoms with Crippen LogP contribution in [-0.2, 0) is 37.6 Å². The number of Topliss-reactive ketones (excluding diaryl/α,β-unsaturated/α-hetero) is 1. The highest BCUT2D eigenvalue weighted by atomic mass is 32.2. The quantitative estimate of drug-likeness (QED) is 0.109. The standard InChI is InChI=1S/C23H25F2N3O5S.C22H22F2N4O4S/c1-16-4-2-3-5-19(16)28(23(31)27-10-12-34(32,33)13-11-27)15-17-6-8-18(9-7-17)20(29)14-26-22(30)21(24)25;1-15-4-2-3-5-18(15)28(22(29)27-10-12-33(30,31)13-11-27)14-16-6-8-17(9-7-16)20-25-26-21(32-20)19(23)24/h2-9,21H,10-15H2,1H3,(H,26,30);2-9,19H,10-14H2,1H3. The molecule has 0 spiro atoms. The number of nitrogens with zero attached hydrogens (tertiary/aromatic N) is 6. The van der Waals surface area contributed by atoms with Crippen molar-refractivity contribution in [1.29, 1.82) is 0 Å². The van der Waals surface area contributed by atoms with Gasteiger partial charge in [-0.15, -0.1) is 10.2 Å². The zero-order chi connectivity index (χ0) is 48.5. The summed E-state index contributed by atoms with van der Waals surface area (Å²) in [7, 11) is -6.27. The predicted octanol–water partition coefficient (Wildman–Crippen LogP) is 6.26. The van der Waals surface area contributed by atoms with Crippen molar-refractivity contribution >= 4 is 54.8 Å². The highest BCUT2D eigenvalue weighted by Crippen LogP contribution is 2.28. The number of amides is 5. The molecule has 7 rings (SSSR count). The maximum absolute atomic E-state index is 13.4. The van der Waals surface area contributed by atoms with Gasteiger partial charge in [-0.1, -0.05) is 72.8 Å². The molecule has 0 aliphatic carbocycles. The van der Waals surface area contributed by atoms with Crippen LogP contribution in [0.4, 0.5) is 38.5 Å². The van der Waals surface area contributed by atoms with Crippen molar-refractivity contribution in [3.05, 3.63) is 131 Å². The van der Waals surface area contributed by atoms with Crippen molar-refractivity contribution in [3.63, 3.8) is 0 Å². The molecular weight excluding hydrogens is 923 g/mol. The Balaban J connectivity index is 0.000000221. The number of alkyl halides is 4. The van der Waals surface area contributed by atoms with E-state index in [0.717, 1.165) is 22.4 Å². The molecule has 5 amide bonds. The monoisotopic (exact) mass is 969 g/mol. The highest BCUT2D eigenvalue weighted by Gasteiger charge is 2.31. The molecule has 0 unspecified atom stereocenters. The van der Waals surface area contributed by atoms with E-state index in [4.69, 9.17) is 4.42 Å². The van der Waals surface area contributed by atoms with Gasteiger partial charge < -0.3 is 19.5 Å². The second-order valence-corrected chi connectivity index (χ2v) is 20.3. The molecule has 0 atom stereocenters. The number of urea groups is 2. The van der Waals surface area contributed by atoms with Crippen molar-refractivity contribution in [3.8, 4) is 11.5 Å². The summed E-state index contributed by atoms with van der Waals surface area (Å²) in [6.45, 7) is 4.14. The van der Waals surface area contributed by atoms with Crippen LogP contribution in [0.3, 0.4) is 0 Å². The normalized spacial score (nSPS) is 15.3. The first-order valence-electron chi connectivity index (χ1n) is 20.8. The van der Waals surface area contributed by atoms with Crippen LogP contribution in [-0.4, -0.2) is 123 Å². The summed E-state index contributed by atoms with van der Waals surface area (Å²) < 4.78 is 102. The molecule has 5 aromatic rings. The molecule has 4 aromatic carbocycles. The average Bonchev–Trinajstić information content (AvgIpc) is 3.81. The number of halogens is 4. The van der Waals surface area contributed by atoms with Gasteiger partial charge in [0, 0.05) is 48.7 Å². The first-order chi connectivity index (χ1) is 31.8. The van der Waals surface area contributed by atoms with Crippen molar-refractivity contribution in [2.45, 2.75) is 39.8 Å². The number of aromatic nitrogens is 2. The molecule has 16 nitrogen and oxygen atoms in total. The molecule has 2 saturated heterocycles.